The summed E-state index contributed by atoms with van der Waals surface area (Å²) in [6, 6.07) is 16.4. The zero-order valence-corrected chi connectivity index (χ0v) is 15.3. The Morgan fingerprint density at radius 2 is 1.89 bits per heavy atom. The molecular formula is C21H22N4O2. The summed E-state index contributed by atoms with van der Waals surface area (Å²) >= 11 is 0. The predicted octanol–water partition coefficient (Wildman–Crippen LogP) is 3.14. The Balaban J connectivity index is 1.73. The van der Waals surface area contributed by atoms with Gasteiger partial charge in [0.2, 0.25) is 0 Å². The maximum Gasteiger partial charge on any atom is 0.321 e. The molecule has 1 N–H and O–H groups in total. The Kier molecular flexibility index (Phi) is 5.72. The fourth-order valence-corrected chi connectivity index (χ4v) is 3.11. The normalized spacial score (nSPS) is 13.2. The first-order valence-electron chi connectivity index (χ1n) is 9.06. The summed E-state index contributed by atoms with van der Waals surface area (Å²) < 4.78 is 0. The van der Waals surface area contributed by atoms with Gasteiger partial charge in [-0.25, -0.2) is 4.79 Å². The first-order valence-corrected chi connectivity index (χ1v) is 9.06. The number of amides is 3. The van der Waals surface area contributed by atoms with Crippen LogP contribution in [0.2, 0.25) is 0 Å². The number of benzene rings is 2. The second kappa shape index (κ2) is 8.37. The number of rotatable bonds is 6. The number of anilines is 1. The number of hydrogen-bond acceptors (Lipinski definition) is 3. The van der Waals surface area contributed by atoms with E-state index in [1.165, 1.54) is 0 Å². The van der Waals surface area contributed by atoms with Crippen molar-refractivity contribution >= 4 is 17.6 Å². The van der Waals surface area contributed by atoms with Crippen molar-refractivity contribution < 1.29 is 9.59 Å². The van der Waals surface area contributed by atoms with Crippen LogP contribution in [-0.4, -0.2) is 36.5 Å². The monoisotopic (exact) mass is 362 g/mol. The topological polar surface area (TPSA) is 76.4 Å². The number of carbonyl (C=O) groups excluding carboxylic acids is 2. The molecule has 0 bridgehead atoms. The minimum Gasteiger partial charge on any atom is -0.336 e. The van der Waals surface area contributed by atoms with Gasteiger partial charge in [-0.05, 0) is 48.4 Å². The highest BCUT2D eigenvalue weighted by Crippen LogP contribution is 2.19. The number of nitrogens with zero attached hydrogens (tertiary/aromatic N) is 3. The van der Waals surface area contributed by atoms with Gasteiger partial charge >= 0.3 is 6.03 Å². The van der Waals surface area contributed by atoms with E-state index in [2.05, 4.69) is 11.4 Å². The SMILES string of the molecule is CCCN(Cc1ccc(C#N)cc1)C(=O)c1ccc(N2CCNC2=O)cc1. The summed E-state index contributed by atoms with van der Waals surface area (Å²) in [7, 11) is 0. The van der Waals surface area contributed by atoms with Crippen LogP contribution in [0.25, 0.3) is 0 Å². The minimum atomic E-state index is -0.109. The van der Waals surface area contributed by atoms with Crippen LogP contribution >= 0.6 is 0 Å². The first-order chi connectivity index (χ1) is 13.1. The van der Waals surface area contributed by atoms with Crippen LogP contribution < -0.4 is 10.2 Å². The third-order valence-corrected chi connectivity index (χ3v) is 4.52. The van der Waals surface area contributed by atoms with Crippen molar-refractivity contribution in [1.29, 1.82) is 5.26 Å². The molecule has 3 amide bonds. The maximum absolute atomic E-state index is 12.9. The summed E-state index contributed by atoms with van der Waals surface area (Å²) in [5.41, 5.74) is 2.98. The lowest BCUT2D eigenvalue weighted by atomic mass is 10.1. The largest absolute Gasteiger partial charge is 0.336 e. The molecule has 6 heteroatoms. The lowest BCUT2D eigenvalue weighted by molar-refractivity contribution is 0.0743. The Hall–Kier alpha value is -3.33. The Bertz CT molecular complexity index is 853. The van der Waals surface area contributed by atoms with Gasteiger partial charge in [0, 0.05) is 37.4 Å². The van der Waals surface area contributed by atoms with Crippen LogP contribution in [0.3, 0.4) is 0 Å². The summed E-state index contributed by atoms with van der Waals surface area (Å²) in [6.07, 6.45) is 0.855. The van der Waals surface area contributed by atoms with E-state index in [4.69, 9.17) is 5.26 Å². The zero-order chi connectivity index (χ0) is 19.2. The van der Waals surface area contributed by atoms with Gasteiger partial charge in [-0.1, -0.05) is 19.1 Å². The van der Waals surface area contributed by atoms with Crippen LogP contribution in [0.4, 0.5) is 10.5 Å². The first kappa shape index (κ1) is 18.5. The number of urea groups is 1. The van der Waals surface area contributed by atoms with Crippen LogP contribution in [0, 0.1) is 11.3 Å². The molecule has 1 aliphatic rings. The highest BCUT2D eigenvalue weighted by Gasteiger charge is 2.22. The van der Waals surface area contributed by atoms with Gasteiger partial charge in [-0.3, -0.25) is 9.69 Å². The van der Waals surface area contributed by atoms with E-state index in [1.807, 2.05) is 31.2 Å². The van der Waals surface area contributed by atoms with Gasteiger partial charge in [-0.15, -0.1) is 0 Å². The average molecular weight is 362 g/mol. The van der Waals surface area contributed by atoms with Crippen molar-refractivity contribution in [3.8, 4) is 6.07 Å². The molecule has 0 atom stereocenters. The minimum absolute atomic E-state index is 0.0429. The summed E-state index contributed by atoms with van der Waals surface area (Å²) in [6.45, 7) is 4.44. The molecule has 0 aromatic heterocycles. The van der Waals surface area contributed by atoms with Crippen molar-refractivity contribution in [2.45, 2.75) is 19.9 Å². The van der Waals surface area contributed by atoms with Gasteiger partial charge < -0.3 is 10.2 Å². The molecule has 0 spiro atoms. The van der Waals surface area contributed by atoms with E-state index >= 15 is 0 Å². The Labute approximate surface area is 159 Å². The van der Waals surface area contributed by atoms with Gasteiger partial charge in [-0.2, -0.15) is 5.26 Å². The van der Waals surface area contributed by atoms with E-state index in [9.17, 15) is 9.59 Å². The van der Waals surface area contributed by atoms with Gasteiger partial charge in [0.25, 0.3) is 5.91 Å². The fourth-order valence-electron chi connectivity index (χ4n) is 3.11. The summed E-state index contributed by atoms with van der Waals surface area (Å²) in [5.74, 6) is -0.0429. The third kappa shape index (κ3) is 4.26. The molecule has 1 fully saturated rings. The second-order valence-corrected chi connectivity index (χ2v) is 6.47. The van der Waals surface area contributed by atoms with Gasteiger partial charge in [0.15, 0.2) is 0 Å². The van der Waals surface area contributed by atoms with Gasteiger partial charge in [0.1, 0.15) is 0 Å². The molecule has 3 rings (SSSR count). The zero-order valence-electron chi connectivity index (χ0n) is 15.3. The molecule has 2 aromatic rings. The molecule has 2 aromatic carbocycles. The van der Waals surface area contributed by atoms with Crippen LogP contribution in [0.15, 0.2) is 48.5 Å². The smallest absolute Gasteiger partial charge is 0.321 e. The average Bonchev–Trinajstić information content (AvgIpc) is 3.13. The molecular weight excluding hydrogens is 340 g/mol. The van der Waals surface area contributed by atoms with Crippen molar-refractivity contribution in [2.24, 2.45) is 0 Å². The van der Waals surface area contributed by atoms with Crippen molar-refractivity contribution in [3.63, 3.8) is 0 Å². The van der Waals surface area contributed by atoms with Crippen LogP contribution in [-0.2, 0) is 6.54 Å². The number of hydrogen-bond donors (Lipinski definition) is 1. The highest BCUT2D eigenvalue weighted by atomic mass is 16.2. The van der Waals surface area contributed by atoms with Crippen molar-refractivity contribution in [1.82, 2.24) is 10.2 Å². The van der Waals surface area contributed by atoms with Crippen molar-refractivity contribution in [3.05, 3.63) is 65.2 Å². The molecule has 1 saturated heterocycles. The molecule has 0 saturated carbocycles. The summed E-state index contributed by atoms with van der Waals surface area (Å²) in [5, 5.41) is 11.7. The lowest BCUT2D eigenvalue weighted by Gasteiger charge is -2.23. The predicted molar refractivity (Wildman–Crippen MR) is 103 cm³/mol. The number of carbonyl (C=O) groups is 2. The second-order valence-electron chi connectivity index (χ2n) is 6.47. The maximum atomic E-state index is 12.9. The van der Waals surface area contributed by atoms with E-state index < -0.39 is 0 Å². The standard InChI is InChI=1S/C21H22N4O2/c1-2-12-24(15-17-5-3-16(14-22)4-6-17)20(26)18-7-9-19(10-8-18)25-13-11-23-21(25)27/h3-10H,2,11-13,15H2,1H3,(H,23,27). The van der Waals surface area contributed by atoms with E-state index in [0.717, 1.165) is 17.7 Å². The van der Waals surface area contributed by atoms with E-state index in [1.54, 1.807) is 34.1 Å². The fraction of sp³-hybridized carbons (Fsp3) is 0.286. The molecule has 27 heavy (non-hydrogen) atoms. The van der Waals surface area contributed by atoms with Crippen LogP contribution in [0.5, 0.6) is 0 Å². The molecule has 0 unspecified atom stereocenters. The summed E-state index contributed by atoms with van der Waals surface area (Å²) in [4.78, 5) is 28.2. The van der Waals surface area contributed by atoms with E-state index in [0.29, 0.717) is 37.3 Å². The van der Waals surface area contributed by atoms with Crippen LogP contribution in [0.1, 0.15) is 34.8 Å². The molecule has 0 aliphatic carbocycles. The highest BCUT2D eigenvalue weighted by molar-refractivity contribution is 5.97. The lowest BCUT2D eigenvalue weighted by Crippen LogP contribution is -2.31. The number of nitrogens with one attached hydrogen (secondary N) is 1. The van der Waals surface area contributed by atoms with Crippen molar-refractivity contribution in [2.75, 3.05) is 24.5 Å². The number of nitriles is 1. The van der Waals surface area contributed by atoms with Gasteiger partial charge in [0.05, 0.1) is 11.6 Å². The molecule has 0 radical (unpaired) electrons. The third-order valence-electron chi connectivity index (χ3n) is 4.52. The quantitative estimate of drug-likeness (QED) is 0.858. The Morgan fingerprint density at radius 1 is 1.19 bits per heavy atom. The molecule has 138 valence electrons. The molecule has 1 heterocycles. The Morgan fingerprint density at radius 3 is 2.44 bits per heavy atom. The van der Waals surface area contributed by atoms with E-state index in [-0.39, 0.29) is 11.9 Å². The molecule has 6 nitrogen and oxygen atoms in total. The molecule has 1 aliphatic heterocycles.